The number of halogens is 1. The number of hydrogen-bond acceptors (Lipinski definition) is 4. The molecule has 0 heterocycles. The molecular weight excluding hydrogens is 275 g/mol. The van der Waals surface area contributed by atoms with Gasteiger partial charge in [0, 0.05) is 6.07 Å². The molecule has 0 saturated carbocycles. The fourth-order valence-corrected chi connectivity index (χ4v) is 2.18. The minimum absolute atomic E-state index is 0.0559. The zero-order valence-corrected chi connectivity index (χ0v) is 11.7. The van der Waals surface area contributed by atoms with Gasteiger partial charge in [0.15, 0.2) is 0 Å². The molecule has 5 nitrogen and oxygen atoms in total. The van der Waals surface area contributed by atoms with E-state index in [4.69, 9.17) is 4.74 Å². The lowest BCUT2D eigenvalue weighted by atomic mass is 10.1. The van der Waals surface area contributed by atoms with Gasteiger partial charge in [-0.15, -0.1) is 0 Å². The smallest absolute Gasteiger partial charge is 0.292 e. The van der Waals surface area contributed by atoms with Crippen molar-refractivity contribution in [2.75, 3.05) is 12.4 Å². The Hall–Kier alpha value is -2.63. The van der Waals surface area contributed by atoms with E-state index in [0.29, 0.717) is 17.0 Å². The van der Waals surface area contributed by atoms with Gasteiger partial charge in [-0.1, -0.05) is 18.2 Å². The molecule has 1 unspecified atom stereocenters. The lowest BCUT2D eigenvalue weighted by molar-refractivity contribution is -0.384. The number of benzene rings is 2. The van der Waals surface area contributed by atoms with Crippen molar-refractivity contribution in [3.05, 3.63) is 64.0 Å². The minimum Gasteiger partial charge on any atom is -0.496 e. The summed E-state index contributed by atoms with van der Waals surface area (Å²) in [6, 6.07) is 10.3. The molecule has 1 atom stereocenters. The Labute approximate surface area is 121 Å². The summed E-state index contributed by atoms with van der Waals surface area (Å²) in [4.78, 5) is 10.5. The lowest BCUT2D eigenvalue weighted by Gasteiger charge is -2.19. The van der Waals surface area contributed by atoms with Crippen LogP contribution < -0.4 is 10.1 Å². The van der Waals surface area contributed by atoms with E-state index in [1.165, 1.54) is 19.2 Å². The first-order valence-electron chi connectivity index (χ1n) is 6.37. The summed E-state index contributed by atoms with van der Waals surface area (Å²) in [5, 5.41) is 14.0. The van der Waals surface area contributed by atoms with Crippen LogP contribution in [0.1, 0.15) is 18.5 Å². The largest absolute Gasteiger partial charge is 0.496 e. The number of anilines is 1. The van der Waals surface area contributed by atoms with Gasteiger partial charge in [0.1, 0.15) is 17.3 Å². The average molecular weight is 290 g/mol. The summed E-state index contributed by atoms with van der Waals surface area (Å²) < 4.78 is 19.1. The van der Waals surface area contributed by atoms with E-state index in [0.717, 1.165) is 0 Å². The van der Waals surface area contributed by atoms with E-state index >= 15 is 0 Å². The zero-order valence-electron chi connectivity index (χ0n) is 11.7. The Morgan fingerprint density at radius 2 is 1.95 bits per heavy atom. The van der Waals surface area contributed by atoms with Crippen LogP contribution in [0.15, 0.2) is 42.5 Å². The van der Waals surface area contributed by atoms with Crippen LogP contribution >= 0.6 is 0 Å². The molecule has 0 aromatic heterocycles. The van der Waals surface area contributed by atoms with Crippen LogP contribution in [0, 0.1) is 15.9 Å². The number of para-hydroxylation sites is 2. The summed E-state index contributed by atoms with van der Waals surface area (Å²) in [7, 11) is 1.45. The molecule has 2 aromatic carbocycles. The van der Waals surface area contributed by atoms with Crippen LogP contribution in [0.2, 0.25) is 0 Å². The highest BCUT2D eigenvalue weighted by Gasteiger charge is 2.20. The maximum absolute atomic E-state index is 14.0. The fraction of sp³-hybridized carbons (Fsp3) is 0.200. The Balaban J connectivity index is 2.35. The number of nitrogens with one attached hydrogen (secondary N) is 1. The average Bonchev–Trinajstić information content (AvgIpc) is 2.47. The van der Waals surface area contributed by atoms with Crippen molar-refractivity contribution in [2.24, 2.45) is 0 Å². The van der Waals surface area contributed by atoms with E-state index in [9.17, 15) is 14.5 Å². The SMILES string of the molecule is COc1cccc(F)c1C(C)Nc1ccccc1[N+](=O)[O-]. The number of hydrogen-bond donors (Lipinski definition) is 1. The maximum atomic E-state index is 14.0. The molecule has 2 aromatic rings. The van der Waals surface area contributed by atoms with E-state index in [1.54, 1.807) is 37.3 Å². The monoisotopic (exact) mass is 290 g/mol. The number of methoxy groups -OCH3 is 1. The van der Waals surface area contributed by atoms with Crippen LogP contribution in [-0.2, 0) is 0 Å². The molecule has 1 N–H and O–H groups in total. The van der Waals surface area contributed by atoms with E-state index < -0.39 is 16.8 Å². The predicted molar refractivity (Wildman–Crippen MR) is 78.1 cm³/mol. The van der Waals surface area contributed by atoms with Crippen LogP contribution in [0.25, 0.3) is 0 Å². The summed E-state index contributed by atoms with van der Waals surface area (Å²) >= 11 is 0. The Morgan fingerprint density at radius 1 is 1.24 bits per heavy atom. The topological polar surface area (TPSA) is 64.4 Å². The third-order valence-corrected chi connectivity index (χ3v) is 3.14. The summed E-state index contributed by atoms with van der Waals surface area (Å²) in [6.45, 7) is 1.72. The van der Waals surface area contributed by atoms with Crippen molar-refractivity contribution in [1.82, 2.24) is 0 Å². The molecule has 0 fully saturated rings. The van der Waals surface area contributed by atoms with Crippen LogP contribution in [0.5, 0.6) is 5.75 Å². The predicted octanol–water partition coefficient (Wildman–Crippen LogP) is 3.92. The highest BCUT2D eigenvalue weighted by atomic mass is 19.1. The van der Waals surface area contributed by atoms with Gasteiger partial charge in [0.05, 0.1) is 23.6 Å². The summed E-state index contributed by atoms with van der Waals surface area (Å²) in [5.41, 5.74) is 0.609. The highest BCUT2D eigenvalue weighted by Crippen LogP contribution is 2.32. The van der Waals surface area contributed by atoms with Crippen molar-refractivity contribution in [3.63, 3.8) is 0 Å². The molecule has 6 heteroatoms. The second-order valence-electron chi connectivity index (χ2n) is 4.50. The fourth-order valence-electron chi connectivity index (χ4n) is 2.18. The number of ether oxygens (including phenoxy) is 1. The van der Waals surface area contributed by atoms with Crippen molar-refractivity contribution >= 4 is 11.4 Å². The van der Waals surface area contributed by atoms with Crippen LogP contribution in [-0.4, -0.2) is 12.0 Å². The van der Waals surface area contributed by atoms with Crippen molar-refractivity contribution in [3.8, 4) is 5.75 Å². The molecule has 0 spiro atoms. The summed E-state index contributed by atoms with van der Waals surface area (Å²) in [6.07, 6.45) is 0. The molecule has 0 radical (unpaired) electrons. The molecular formula is C15H15FN2O3. The maximum Gasteiger partial charge on any atom is 0.292 e. The first-order chi connectivity index (χ1) is 10.0. The Morgan fingerprint density at radius 3 is 2.62 bits per heavy atom. The van der Waals surface area contributed by atoms with Gasteiger partial charge in [-0.2, -0.15) is 0 Å². The molecule has 0 aliphatic rings. The third kappa shape index (κ3) is 3.10. The minimum atomic E-state index is -0.484. The van der Waals surface area contributed by atoms with Gasteiger partial charge in [-0.3, -0.25) is 10.1 Å². The van der Waals surface area contributed by atoms with Crippen molar-refractivity contribution < 1.29 is 14.1 Å². The molecule has 0 bridgehead atoms. The molecule has 0 saturated heterocycles. The first-order valence-corrected chi connectivity index (χ1v) is 6.37. The van der Waals surface area contributed by atoms with Crippen LogP contribution in [0.3, 0.4) is 0 Å². The van der Waals surface area contributed by atoms with Gasteiger partial charge < -0.3 is 10.1 Å². The second-order valence-corrected chi connectivity index (χ2v) is 4.50. The number of nitro groups is 1. The highest BCUT2D eigenvalue weighted by molar-refractivity contribution is 5.62. The van der Waals surface area contributed by atoms with E-state index in [1.807, 2.05) is 0 Å². The molecule has 110 valence electrons. The van der Waals surface area contributed by atoms with Gasteiger partial charge in [0.2, 0.25) is 0 Å². The van der Waals surface area contributed by atoms with E-state index in [2.05, 4.69) is 5.32 Å². The van der Waals surface area contributed by atoms with Gasteiger partial charge >= 0.3 is 0 Å². The number of rotatable bonds is 5. The Kier molecular flexibility index (Phi) is 4.37. The number of nitrogens with zero attached hydrogens (tertiary/aromatic N) is 1. The first kappa shape index (κ1) is 14.8. The van der Waals surface area contributed by atoms with Gasteiger partial charge in [-0.05, 0) is 25.1 Å². The summed E-state index contributed by atoms with van der Waals surface area (Å²) in [5.74, 6) is -0.0264. The van der Waals surface area contributed by atoms with Gasteiger partial charge in [-0.25, -0.2) is 4.39 Å². The lowest BCUT2D eigenvalue weighted by Crippen LogP contribution is -2.11. The standard InChI is InChI=1S/C15H15FN2O3/c1-10(15-11(16)6-5-9-14(15)21-2)17-12-7-3-4-8-13(12)18(19)20/h3-10,17H,1-2H3. The van der Waals surface area contributed by atoms with Gasteiger partial charge in [0.25, 0.3) is 5.69 Å². The number of nitro benzene ring substituents is 1. The van der Waals surface area contributed by atoms with Crippen molar-refractivity contribution in [2.45, 2.75) is 13.0 Å². The molecule has 0 aliphatic carbocycles. The molecule has 21 heavy (non-hydrogen) atoms. The normalized spacial score (nSPS) is 11.8. The second kappa shape index (κ2) is 6.21. The quantitative estimate of drug-likeness (QED) is 0.669. The third-order valence-electron chi connectivity index (χ3n) is 3.14. The zero-order chi connectivity index (χ0) is 15.4. The molecule has 2 rings (SSSR count). The molecule has 0 aliphatic heterocycles. The van der Waals surface area contributed by atoms with Crippen LogP contribution in [0.4, 0.5) is 15.8 Å². The molecule has 0 amide bonds. The van der Waals surface area contributed by atoms with Crippen molar-refractivity contribution in [1.29, 1.82) is 0 Å². The Bertz CT molecular complexity index is 661. The van der Waals surface area contributed by atoms with E-state index in [-0.39, 0.29) is 5.69 Å².